The van der Waals surface area contributed by atoms with Crippen molar-refractivity contribution in [1.82, 2.24) is 14.8 Å². The standard InChI is InChI=1S/C26H29N3O4/c1-18-6-3-4-8-22(18)26(14-23(31)28-13-5-7-21(17-28)19(2)30)15-24(32)29(25(26)33)16-20-9-11-27-12-10-20/h3-4,6,8-12,21H,5,7,13-17H2,1-2H3. The minimum atomic E-state index is -1.24. The van der Waals surface area contributed by atoms with Gasteiger partial charge in [0.05, 0.1) is 12.0 Å². The van der Waals surface area contributed by atoms with Gasteiger partial charge in [-0.25, -0.2) is 0 Å². The van der Waals surface area contributed by atoms with E-state index in [1.54, 1.807) is 36.4 Å². The summed E-state index contributed by atoms with van der Waals surface area (Å²) < 4.78 is 0. The number of ketones is 1. The molecule has 4 rings (SSSR count). The van der Waals surface area contributed by atoms with Crippen molar-refractivity contribution in [2.75, 3.05) is 13.1 Å². The summed E-state index contributed by atoms with van der Waals surface area (Å²) in [7, 11) is 0. The lowest BCUT2D eigenvalue weighted by molar-refractivity contribution is -0.144. The number of rotatable bonds is 6. The Hall–Kier alpha value is -3.35. The third-order valence-electron chi connectivity index (χ3n) is 6.96. The maximum atomic E-state index is 13.9. The summed E-state index contributed by atoms with van der Waals surface area (Å²) >= 11 is 0. The van der Waals surface area contributed by atoms with Crippen LogP contribution < -0.4 is 0 Å². The third-order valence-corrected chi connectivity index (χ3v) is 6.96. The monoisotopic (exact) mass is 447 g/mol. The number of carbonyl (C=O) groups excluding carboxylic acids is 4. The molecule has 0 saturated carbocycles. The van der Waals surface area contributed by atoms with Crippen molar-refractivity contribution >= 4 is 23.5 Å². The van der Waals surface area contributed by atoms with Crippen LogP contribution in [-0.2, 0) is 31.1 Å². The molecule has 0 spiro atoms. The fraction of sp³-hybridized carbons (Fsp3) is 0.423. The Balaban J connectivity index is 1.66. The molecule has 2 aliphatic rings. The second-order valence-electron chi connectivity index (χ2n) is 9.18. The summed E-state index contributed by atoms with van der Waals surface area (Å²) in [5.74, 6) is -0.894. The molecule has 33 heavy (non-hydrogen) atoms. The molecule has 2 unspecified atom stereocenters. The number of nitrogens with zero attached hydrogens (tertiary/aromatic N) is 3. The zero-order chi connectivity index (χ0) is 23.6. The summed E-state index contributed by atoms with van der Waals surface area (Å²) in [5.41, 5.74) is 1.15. The van der Waals surface area contributed by atoms with E-state index in [0.717, 1.165) is 24.0 Å². The topological polar surface area (TPSA) is 87.7 Å². The van der Waals surface area contributed by atoms with Crippen molar-refractivity contribution in [1.29, 1.82) is 0 Å². The summed E-state index contributed by atoms with van der Waals surface area (Å²) in [5, 5.41) is 0. The molecule has 2 aliphatic heterocycles. The average molecular weight is 448 g/mol. The van der Waals surface area contributed by atoms with Gasteiger partial charge in [0.2, 0.25) is 17.7 Å². The zero-order valence-corrected chi connectivity index (χ0v) is 19.1. The Morgan fingerprint density at radius 3 is 2.55 bits per heavy atom. The summed E-state index contributed by atoms with van der Waals surface area (Å²) in [6, 6.07) is 11.0. The normalized spacial score (nSPS) is 23.2. The first kappa shape index (κ1) is 22.8. The van der Waals surface area contributed by atoms with Crippen LogP contribution in [0.25, 0.3) is 0 Å². The second kappa shape index (κ2) is 9.25. The molecule has 2 aromatic rings. The molecule has 0 radical (unpaired) electrons. The lowest BCUT2D eigenvalue weighted by Gasteiger charge is -2.35. The molecular formula is C26H29N3O4. The number of piperidine rings is 1. The minimum Gasteiger partial charge on any atom is -0.342 e. The average Bonchev–Trinajstić information content (AvgIpc) is 3.04. The predicted octanol–water partition coefficient (Wildman–Crippen LogP) is 2.80. The van der Waals surface area contributed by atoms with Crippen molar-refractivity contribution in [3.63, 3.8) is 0 Å². The van der Waals surface area contributed by atoms with E-state index in [1.807, 2.05) is 31.2 Å². The molecule has 3 heterocycles. The molecule has 172 valence electrons. The Morgan fingerprint density at radius 1 is 1.12 bits per heavy atom. The lowest BCUT2D eigenvalue weighted by atomic mass is 9.73. The van der Waals surface area contributed by atoms with Crippen LogP contribution in [0.3, 0.4) is 0 Å². The van der Waals surface area contributed by atoms with Gasteiger partial charge in [-0.15, -0.1) is 0 Å². The van der Waals surface area contributed by atoms with E-state index in [-0.39, 0.29) is 48.8 Å². The molecule has 2 saturated heterocycles. The van der Waals surface area contributed by atoms with E-state index < -0.39 is 5.41 Å². The zero-order valence-electron chi connectivity index (χ0n) is 19.1. The van der Waals surface area contributed by atoms with E-state index in [9.17, 15) is 19.2 Å². The van der Waals surface area contributed by atoms with Crippen LogP contribution in [0.4, 0.5) is 0 Å². The fourth-order valence-corrected chi connectivity index (χ4v) is 5.09. The van der Waals surface area contributed by atoms with Crippen molar-refractivity contribution < 1.29 is 19.2 Å². The van der Waals surface area contributed by atoms with E-state index in [0.29, 0.717) is 18.7 Å². The van der Waals surface area contributed by atoms with Crippen molar-refractivity contribution in [2.24, 2.45) is 5.92 Å². The number of aryl methyl sites for hydroxylation is 1. The molecule has 3 amide bonds. The minimum absolute atomic E-state index is 0.0442. The first-order valence-electron chi connectivity index (χ1n) is 11.4. The van der Waals surface area contributed by atoms with Crippen LogP contribution in [0, 0.1) is 12.8 Å². The van der Waals surface area contributed by atoms with Crippen LogP contribution in [0.5, 0.6) is 0 Å². The van der Waals surface area contributed by atoms with E-state index >= 15 is 0 Å². The SMILES string of the molecule is CC(=O)C1CCCN(C(=O)CC2(c3ccccc3C)CC(=O)N(Cc3ccncc3)C2=O)C1. The molecule has 1 aromatic heterocycles. The highest BCUT2D eigenvalue weighted by atomic mass is 16.2. The first-order valence-corrected chi connectivity index (χ1v) is 11.4. The smallest absolute Gasteiger partial charge is 0.241 e. The molecule has 0 aliphatic carbocycles. The number of aromatic nitrogens is 1. The second-order valence-corrected chi connectivity index (χ2v) is 9.18. The van der Waals surface area contributed by atoms with Gasteiger partial charge >= 0.3 is 0 Å². The molecule has 7 heteroatoms. The van der Waals surface area contributed by atoms with Crippen molar-refractivity contribution in [3.05, 3.63) is 65.5 Å². The van der Waals surface area contributed by atoms with Gasteiger partial charge in [0.1, 0.15) is 5.78 Å². The lowest BCUT2D eigenvalue weighted by Crippen LogP contribution is -2.47. The Kier molecular flexibility index (Phi) is 6.40. The van der Waals surface area contributed by atoms with Gasteiger partial charge in [0.15, 0.2) is 0 Å². The molecule has 2 fully saturated rings. The van der Waals surface area contributed by atoms with Crippen LogP contribution in [0.2, 0.25) is 0 Å². The maximum Gasteiger partial charge on any atom is 0.241 e. The largest absolute Gasteiger partial charge is 0.342 e. The van der Waals surface area contributed by atoms with Crippen molar-refractivity contribution in [2.45, 2.75) is 51.5 Å². The first-order chi connectivity index (χ1) is 15.8. The number of imide groups is 1. The number of hydrogen-bond acceptors (Lipinski definition) is 5. The molecular weight excluding hydrogens is 418 g/mol. The molecule has 2 atom stereocenters. The molecule has 0 bridgehead atoms. The quantitative estimate of drug-likeness (QED) is 0.636. The highest BCUT2D eigenvalue weighted by Crippen LogP contribution is 2.42. The predicted molar refractivity (Wildman–Crippen MR) is 122 cm³/mol. The van der Waals surface area contributed by atoms with Gasteiger partial charge in [-0.1, -0.05) is 24.3 Å². The van der Waals surface area contributed by atoms with Gasteiger partial charge in [-0.2, -0.15) is 0 Å². The molecule has 1 aromatic carbocycles. The van der Waals surface area contributed by atoms with E-state index in [2.05, 4.69) is 4.98 Å². The number of Topliss-reactive ketones (excluding diaryl/α,β-unsaturated/α-hetero) is 1. The highest BCUT2D eigenvalue weighted by molar-refractivity contribution is 6.10. The van der Waals surface area contributed by atoms with Crippen LogP contribution in [-0.4, -0.2) is 51.4 Å². The number of pyridine rings is 1. The van der Waals surface area contributed by atoms with Crippen LogP contribution in [0.1, 0.15) is 49.3 Å². The van der Waals surface area contributed by atoms with Crippen LogP contribution >= 0.6 is 0 Å². The fourth-order valence-electron chi connectivity index (χ4n) is 5.09. The molecule has 7 nitrogen and oxygen atoms in total. The summed E-state index contributed by atoms with van der Waals surface area (Å²) in [6.07, 6.45) is 4.66. The van der Waals surface area contributed by atoms with Gasteiger partial charge < -0.3 is 4.90 Å². The van der Waals surface area contributed by atoms with Gasteiger partial charge in [-0.3, -0.25) is 29.1 Å². The summed E-state index contributed by atoms with van der Waals surface area (Å²) in [4.78, 5) is 59.3. The van der Waals surface area contributed by atoms with Crippen molar-refractivity contribution in [3.8, 4) is 0 Å². The molecule has 0 N–H and O–H groups in total. The maximum absolute atomic E-state index is 13.9. The van der Waals surface area contributed by atoms with Crippen LogP contribution in [0.15, 0.2) is 48.8 Å². The number of hydrogen-bond donors (Lipinski definition) is 0. The van der Waals surface area contributed by atoms with Gasteiger partial charge in [0, 0.05) is 44.2 Å². The van der Waals surface area contributed by atoms with E-state index in [1.165, 1.54) is 4.90 Å². The van der Waals surface area contributed by atoms with Gasteiger partial charge in [0.25, 0.3) is 0 Å². The number of amides is 3. The Bertz CT molecular complexity index is 1080. The Labute approximate surface area is 193 Å². The number of likely N-dealkylation sites (tertiary alicyclic amines) is 2. The van der Waals surface area contributed by atoms with E-state index in [4.69, 9.17) is 0 Å². The highest BCUT2D eigenvalue weighted by Gasteiger charge is 2.54. The number of benzene rings is 1. The summed E-state index contributed by atoms with van der Waals surface area (Å²) in [6.45, 7) is 4.55. The number of carbonyl (C=O) groups is 4. The third kappa shape index (κ3) is 4.45. The van der Waals surface area contributed by atoms with Gasteiger partial charge in [-0.05, 0) is 55.5 Å². The Morgan fingerprint density at radius 2 is 1.85 bits per heavy atom.